The Bertz CT molecular complexity index is 520. The Morgan fingerprint density at radius 3 is 2.94 bits per heavy atom. The third kappa shape index (κ3) is 2.71. The molecule has 0 aliphatic heterocycles. The van der Waals surface area contributed by atoms with Gasteiger partial charge in [0.05, 0.1) is 12.8 Å². The van der Waals surface area contributed by atoms with E-state index < -0.39 is 0 Å². The number of imidazole rings is 1. The van der Waals surface area contributed by atoms with Crippen LogP contribution in [0.4, 0.5) is 0 Å². The first-order chi connectivity index (χ1) is 8.74. The third-order valence-corrected chi connectivity index (χ3v) is 2.97. The lowest BCUT2D eigenvalue weighted by Crippen LogP contribution is -2.13. The zero-order valence-corrected chi connectivity index (χ0v) is 11.1. The molecule has 0 saturated carbocycles. The summed E-state index contributed by atoms with van der Waals surface area (Å²) in [5.41, 5.74) is 2.41. The number of aryl methyl sites for hydroxylation is 1. The van der Waals surface area contributed by atoms with Crippen molar-refractivity contribution in [3.63, 3.8) is 0 Å². The molecule has 0 bridgehead atoms. The van der Waals surface area contributed by atoms with Crippen molar-refractivity contribution in [2.75, 3.05) is 14.2 Å². The molecule has 0 unspecified atom stereocenters. The molecular formula is C14H19N3O. The van der Waals surface area contributed by atoms with Crippen LogP contribution in [0.2, 0.25) is 0 Å². The van der Waals surface area contributed by atoms with E-state index in [9.17, 15) is 0 Å². The maximum Gasteiger partial charge on any atom is 0.119 e. The fraction of sp³-hybridized carbons (Fsp3) is 0.357. The minimum absolute atomic E-state index is 0.819. The minimum Gasteiger partial charge on any atom is -0.497 e. The van der Waals surface area contributed by atoms with E-state index in [-0.39, 0.29) is 0 Å². The van der Waals surface area contributed by atoms with Crippen LogP contribution in [0.1, 0.15) is 17.1 Å². The molecule has 1 N–H and O–H groups in total. The summed E-state index contributed by atoms with van der Waals surface area (Å²) < 4.78 is 7.46. The van der Waals surface area contributed by atoms with Gasteiger partial charge in [-0.05, 0) is 31.7 Å². The summed E-state index contributed by atoms with van der Waals surface area (Å²) in [5.74, 6) is 1.92. The fourth-order valence-electron chi connectivity index (χ4n) is 2.01. The van der Waals surface area contributed by atoms with Gasteiger partial charge in [0.25, 0.3) is 0 Å². The second-order valence-electron chi connectivity index (χ2n) is 4.26. The van der Waals surface area contributed by atoms with Crippen LogP contribution in [0.5, 0.6) is 5.75 Å². The average Bonchev–Trinajstić information content (AvgIpc) is 2.72. The van der Waals surface area contributed by atoms with Crippen molar-refractivity contribution in [2.45, 2.75) is 20.0 Å². The van der Waals surface area contributed by atoms with Gasteiger partial charge in [-0.3, -0.25) is 0 Å². The molecule has 2 rings (SSSR count). The molecule has 1 aromatic heterocycles. The van der Waals surface area contributed by atoms with Gasteiger partial charge in [0, 0.05) is 19.3 Å². The van der Waals surface area contributed by atoms with Crippen LogP contribution in [0.25, 0.3) is 0 Å². The van der Waals surface area contributed by atoms with Gasteiger partial charge in [0.15, 0.2) is 0 Å². The Hall–Kier alpha value is -1.81. The monoisotopic (exact) mass is 245 g/mol. The second-order valence-corrected chi connectivity index (χ2v) is 4.26. The first-order valence-corrected chi connectivity index (χ1v) is 6.03. The highest BCUT2D eigenvalue weighted by Gasteiger charge is 2.06. The van der Waals surface area contributed by atoms with Crippen molar-refractivity contribution in [1.82, 2.24) is 14.9 Å². The molecule has 0 radical (unpaired) electrons. The Morgan fingerprint density at radius 2 is 2.22 bits per heavy atom. The molecule has 0 aliphatic rings. The molecule has 0 fully saturated rings. The van der Waals surface area contributed by atoms with E-state index in [0.29, 0.717) is 0 Å². The van der Waals surface area contributed by atoms with Crippen LogP contribution >= 0.6 is 0 Å². The van der Waals surface area contributed by atoms with Gasteiger partial charge in [0.2, 0.25) is 0 Å². The highest BCUT2D eigenvalue weighted by atomic mass is 16.5. The van der Waals surface area contributed by atoms with E-state index >= 15 is 0 Å². The van der Waals surface area contributed by atoms with E-state index in [1.807, 2.05) is 32.3 Å². The topological polar surface area (TPSA) is 39.1 Å². The number of nitrogens with zero attached hydrogens (tertiary/aromatic N) is 2. The zero-order valence-electron chi connectivity index (χ0n) is 11.1. The highest BCUT2D eigenvalue weighted by Crippen LogP contribution is 2.15. The van der Waals surface area contributed by atoms with Crippen molar-refractivity contribution < 1.29 is 4.74 Å². The van der Waals surface area contributed by atoms with Gasteiger partial charge in [0.1, 0.15) is 11.6 Å². The molecule has 0 atom stereocenters. The summed E-state index contributed by atoms with van der Waals surface area (Å²) in [6.45, 7) is 3.67. The standard InChI is InChI=1S/C14H19N3O/c1-11-16-9-13(8-15-2)17(11)10-12-5-4-6-14(7-12)18-3/h4-7,9,15H,8,10H2,1-3H3. The van der Waals surface area contributed by atoms with E-state index in [0.717, 1.165) is 24.7 Å². The predicted molar refractivity (Wildman–Crippen MR) is 71.8 cm³/mol. The molecule has 96 valence electrons. The molecule has 0 amide bonds. The SMILES string of the molecule is CNCc1cnc(C)n1Cc1cccc(OC)c1. The van der Waals surface area contributed by atoms with Gasteiger partial charge in [-0.15, -0.1) is 0 Å². The lowest BCUT2D eigenvalue weighted by atomic mass is 10.2. The van der Waals surface area contributed by atoms with E-state index in [1.165, 1.54) is 11.3 Å². The third-order valence-electron chi connectivity index (χ3n) is 2.97. The summed E-state index contributed by atoms with van der Waals surface area (Å²) in [7, 11) is 3.63. The number of ether oxygens (including phenoxy) is 1. The summed E-state index contributed by atoms with van der Waals surface area (Å²) in [6.07, 6.45) is 1.92. The Morgan fingerprint density at radius 1 is 1.39 bits per heavy atom. The Kier molecular flexibility index (Phi) is 3.99. The largest absolute Gasteiger partial charge is 0.497 e. The van der Waals surface area contributed by atoms with Crippen molar-refractivity contribution in [2.24, 2.45) is 0 Å². The van der Waals surface area contributed by atoms with Gasteiger partial charge < -0.3 is 14.6 Å². The van der Waals surface area contributed by atoms with Gasteiger partial charge in [-0.2, -0.15) is 0 Å². The summed E-state index contributed by atoms with van der Waals surface area (Å²) in [5, 5.41) is 3.16. The number of rotatable bonds is 5. The summed E-state index contributed by atoms with van der Waals surface area (Å²) in [4.78, 5) is 4.37. The fourth-order valence-corrected chi connectivity index (χ4v) is 2.01. The van der Waals surface area contributed by atoms with E-state index in [4.69, 9.17) is 4.74 Å². The van der Waals surface area contributed by atoms with E-state index in [2.05, 4.69) is 27.0 Å². The summed E-state index contributed by atoms with van der Waals surface area (Å²) in [6, 6.07) is 8.13. The lowest BCUT2D eigenvalue weighted by molar-refractivity contribution is 0.414. The number of hydrogen-bond acceptors (Lipinski definition) is 3. The zero-order chi connectivity index (χ0) is 13.0. The molecule has 1 aromatic carbocycles. The molecule has 0 saturated heterocycles. The van der Waals surface area contributed by atoms with Crippen molar-refractivity contribution in [3.8, 4) is 5.75 Å². The number of aromatic nitrogens is 2. The number of hydrogen-bond donors (Lipinski definition) is 1. The average molecular weight is 245 g/mol. The number of benzene rings is 1. The van der Waals surface area contributed by atoms with Crippen LogP contribution in [-0.4, -0.2) is 23.7 Å². The first-order valence-electron chi connectivity index (χ1n) is 6.03. The Labute approximate surface area is 108 Å². The normalized spacial score (nSPS) is 10.6. The molecule has 0 aliphatic carbocycles. The predicted octanol–water partition coefficient (Wildman–Crippen LogP) is 1.97. The molecule has 0 spiro atoms. The van der Waals surface area contributed by atoms with Crippen LogP contribution in [0, 0.1) is 6.92 Å². The van der Waals surface area contributed by atoms with E-state index in [1.54, 1.807) is 7.11 Å². The maximum absolute atomic E-state index is 5.24. The lowest BCUT2D eigenvalue weighted by Gasteiger charge is -2.11. The van der Waals surface area contributed by atoms with Gasteiger partial charge >= 0.3 is 0 Å². The van der Waals surface area contributed by atoms with Gasteiger partial charge in [-0.25, -0.2) is 4.98 Å². The highest BCUT2D eigenvalue weighted by molar-refractivity contribution is 5.29. The minimum atomic E-state index is 0.819. The van der Waals surface area contributed by atoms with Crippen molar-refractivity contribution in [1.29, 1.82) is 0 Å². The molecule has 18 heavy (non-hydrogen) atoms. The number of nitrogens with one attached hydrogen (secondary N) is 1. The number of methoxy groups -OCH3 is 1. The van der Waals surface area contributed by atoms with Crippen LogP contribution in [0.15, 0.2) is 30.5 Å². The molecule has 1 heterocycles. The van der Waals surface area contributed by atoms with Crippen molar-refractivity contribution >= 4 is 0 Å². The molecule has 2 aromatic rings. The maximum atomic E-state index is 5.24. The van der Waals surface area contributed by atoms with Gasteiger partial charge in [-0.1, -0.05) is 12.1 Å². The van der Waals surface area contributed by atoms with Crippen molar-refractivity contribution in [3.05, 3.63) is 47.5 Å². The summed E-state index contributed by atoms with van der Waals surface area (Å²) >= 11 is 0. The quantitative estimate of drug-likeness (QED) is 0.875. The Balaban J connectivity index is 2.24. The van der Waals surface area contributed by atoms with Crippen LogP contribution in [-0.2, 0) is 13.1 Å². The molecule has 4 heteroatoms. The smallest absolute Gasteiger partial charge is 0.119 e. The second kappa shape index (κ2) is 5.69. The van der Waals surface area contributed by atoms with Crippen LogP contribution < -0.4 is 10.1 Å². The molecule has 4 nitrogen and oxygen atoms in total. The molecular weight excluding hydrogens is 226 g/mol. The first kappa shape index (κ1) is 12.6. The van der Waals surface area contributed by atoms with Crippen LogP contribution in [0.3, 0.4) is 0 Å².